The van der Waals surface area contributed by atoms with Gasteiger partial charge in [0.1, 0.15) is 12.4 Å². The first kappa shape index (κ1) is 23.0. The fraction of sp³-hybridized carbons (Fsp3) is 0.296. The Labute approximate surface area is 190 Å². The lowest BCUT2D eigenvalue weighted by molar-refractivity contribution is 0.0931. The zero-order chi connectivity index (χ0) is 22.1. The summed E-state index contributed by atoms with van der Waals surface area (Å²) in [6, 6.07) is 25.9. The van der Waals surface area contributed by atoms with Gasteiger partial charge in [-0.05, 0) is 65.6 Å². The second kappa shape index (κ2) is 11.6. The van der Waals surface area contributed by atoms with Crippen LogP contribution in [0.4, 0.5) is 0 Å². The van der Waals surface area contributed by atoms with Crippen LogP contribution < -0.4 is 10.1 Å². The maximum atomic E-state index is 13.0. The van der Waals surface area contributed by atoms with Gasteiger partial charge < -0.3 is 10.1 Å². The number of hydrogen-bond acceptors (Lipinski definition) is 3. The molecule has 0 aromatic heterocycles. The zero-order valence-corrected chi connectivity index (χ0v) is 19.3. The van der Waals surface area contributed by atoms with Crippen molar-refractivity contribution in [1.29, 1.82) is 0 Å². The number of rotatable bonds is 10. The van der Waals surface area contributed by atoms with E-state index >= 15 is 0 Å². The molecule has 1 N–H and O–H groups in total. The Balaban J connectivity index is 1.69. The smallest absolute Gasteiger partial charge is 0.251 e. The Hall–Kier alpha value is -2.72. The number of para-hydroxylation sites is 1. The summed E-state index contributed by atoms with van der Waals surface area (Å²) >= 11 is 1.83. The van der Waals surface area contributed by atoms with Gasteiger partial charge in [0, 0.05) is 10.5 Å². The van der Waals surface area contributed by atoms with Crippen molar-refractivity contribution in [2.45, 2.75) is 44.7 Å². The van der Waals surface area contributed by atoms with E-state index in [9.17, 15) is 4.79 Å². The van der Waals surface area contributed by atoms with E-state index < -0.39 is 0 Å². The molecule has 3 aromatic carbocycles. The second-order valence-electron chi connectivity index (χ2n) is 7.96. The first-order chi connectivity index (χ1) is 15.0. The first-order valence-corrected chi connectivity index (χ1v) is 11.8. The zero-order valence-electron chi connectivity index (χ0n) is 18.5. The fourth-order valence-electron chi connectivity index (χ4n) is 3.44. The summed E-state index contributed by atoms with van der Waals surface area (Å²) in [5.74, 6) is 2.29. The maximum Gasteiger partial charge on any atom is 0.251 e. The molecule has 1 unspecified atom stereocenters. The highest BCUT2D eigenvalue weighted by molar-refractivity contribution is 7.99. The van der Waals surface area contributed by atoms with E-state index in [0.717, 1.165) is 29.1 Å². The molecule has 31 heavy (non-hydrogen) atoms. The predicted molar refractivity (Wildman–Crippen MR) is 130 cm³/mol. The molecule has 0 aliphatic heterocycles. The molecule has 0 aliphatic carbocycles. The minimum Gasteiger partial charge on any atom is -0.489 e. The minimum absolute atomic E-state index is 0.0163. The molecule has 0 saturated carbocycles. The van der Waals surface area contributed by atoms with Crippen molar-refractivity contribution < 1.29 is 9.53 Å². The minimum atomic E-state index is -0.0563. The molecule has 3 nitrogen and oxygen atoms in total. The number of carbonyl (C=O) groups is 1. The molecule has 3 rings (SSSR count). The molecular formula is C27H31NO2S. The van der Waals surface area contributed by atoms with Gasteiger partial charge in [-0.25, -0.2) is 0 Å². The molecule has 1 atom stereocenters. The van der Waals surface area contributed by atoms with Crippen LogP contribution in [0, 0.1) is 5.92 Å². The first-order valence-electron chi connectivity index (χ1n) is 10.9. The molecular weight excluding hydrogens is 402 g/mol. The molecule has 1 amide bonds. The van der Waals surface area contributed by atoms with Crippen molar-refractivity contribution in [3.63, 3.8) is 0 Å². The van der Waals surface area contributed by atoms with E-state index in [2.05, 4.69) is 50.4 Å². The summed E-state index contributed by atoms with van der Waals surface area (Å²) in [6.07, 6.45) is 0.892. The molecule has 0 saturated heterocycles. The van der Waals surface area contributed by atoms with Crippen LogP contribution in [0.5, 0.6) is 5.75 Å². The SMILES string of the molecule is CCSc1ccc(C(CC(C)C)NC(=O)c2cccc(COc3ccccc3)c2)cc1. The van der Waals surface area contributed by atoms with Gasteiger partial charge in [0.2, 0.25) is 0 Å². The number of hydrogen-bond donors (Lipinski definition) is 1. The van der Waals surface area contributed by atoms with Gasteiger partial charge in [0.25, 0.3) is 5.91 Å². The van der Waals surface area contributed by atoms with Crippen LogP contribution in [0.15, 0.2) is 83.8 Å². The van der Waals surface area contributed by atoms with Gasteiger partial charge in [0.05, 0.1) is 6.04 Å². The van der Waals surface area contributed by atoms with Crippen molar-refractivity contribution in [2.24, 2.45) is 5.92 Å². The van der Waals surface area contributed by atoms with E-state index in [4.69, 9.17) is 4.74 Å². The average Bonchev–Trinajstić information content (AvgIpc) is 2.78. The van der Waals surface area contributed by atoms with Gasteiger partial charge in [-0.15, -0.1) is 11.8 Å². The van der Waals surface area contributed by atoms with Crippen LogP contribution in [0.3, 0.4) is 0 Å². The normalized spacial score (nSPS) is 11.9. The number of ether oxygens (including phenoxy) is 1. The van der Waals surface area contributed by atoms with E-state index in [1.54, 1.807) is 0 Å². The van der Waals surface area contributed by atoms with E-state index in [0.29, 0.717) is 18.1 Å². The van der Waals surface area contributed by atoms with E-state index in [-0.39, 0.29) is 11.9 Å². The monoisotopic (exact) mass is 433 g/mol. The van der Waals surface area contributed by atoms with Crippen LogP contribution in [0.1, 0.15) is 54.7 Å². The molecule has 0 fully saturated rings. The van der Waals surface area contributed by atoms with Crippen LogP contribution in [-0.2, 0) is 6.61 Å². The van der Waals surface area contributed by atoms with Crippen molar-refractivity contribution in [3.05, 3.63) is 95.6 Å². The number of carbonyl (C=O) groups excluding carboxylic acids is 1. The fourth-order valence-corrected chi connectivity index (χ4v) is 4.10. The summed E-state index contributed by atoms with van der Waals surface area (Å²) < 4.78 is 5.83. The standard InChI is InChI=1S/C27H31NO2S/c1-4-31-25-15-13-22(14-16-25)26(17-20(2)3)28-27(29)23-10-8-9-21(18-23)19-30-24-11-6-5-7-12-24/h5-16,18,20,26H,4,17,19H2,1-3H3,(H,28,29). The third-order valence-corrected chi connectivity index (χ3v) is 5.84. The molecule has 162 valence electrons. The highest BCUT2D eigenvalue weighted by Gasteiger charge is 2.17. The molecule has 0 bridgehead atoms. The van der Waals surface area contributed by atoms with Crippen molar-refractivity contribution in [1.82, 2.24) is 5.32 Å². The Bertz CT molecular complexity index is 954. The van der Waals surface area contributed by atoms with Gasteiger partial charge >= 0.3 is 0 Å². The summed E-state index contributed by atoms with van der Waals surface area (Å²) in [6.45, 7) is 6.94. The Kier molecular flexibility index (Phi) is 8.60. The van der Waals surface area contributed by atoms with Crippen molar-refractivity contribution in [3.8, 4) is 5.75 Å². The van der Waals surface area contributed by atoms with Gasteiger partial charge in [-0.1, -0.05) is 63.2 Å². The van der Waals surface area contributed by atoms with Crippen LogP contribution in [0.25, 0.3) is 0 Å². The lowest BCUT2D eigenvalue weighted by Crippen LogP contribution is -2.29. The summed E-state index contributed by atoms with van der Waals surface area (Å²) in [5.41, 5.74) is 2.77. The van der Waals surface area contributed by atoms with E-state index in [1.807, 2.05) is 66.4 Å². The summed E-state index contributed by atoms with van der Waals surface area (Å²) in [7, 11) is 0. The van der Waals surface area contributed by atoms with E-state index in [1.165, 1.54) is 4.90 Å². The topological polar surface area (TPSA) is 38.3 Å². The maximum absolute atomic E-state index is 13.0. The lowest BCUT2D eigenvalue weighted by Gasteiger charge is -2.22. The Morgan fingerprint density at radius 1 is 0.968 bits per heavy atom. The third kappa shape index (κ3) is 7.18. The molecule has 0 radical (unpaired) electrons. The van der Waals surface area contributed by atoms with Gasteiger partial charge in [-0.2, -0.15) is 0 Å². The van der Waals surface area contributed by atoms with Crippen molar-refractivity contribution in [2.75, 3.05) is 5.75 Å². The second-order valence-corrected chi connectivity index (χ2v) is 9.30. The molecule has 0 spiro atoms. The molecule has 3 aromatic rings. The molecule has 0 aliphatic rings. The number of nitrogens with one attached hydrogen (secondary N) is 1. The highest BCUT2D eigenvalue weighted by atomic mass is 32.2. The average molecular weight is 434 g/mol. The largest absolute Gasteiger partial charge is 0.489 e. The van der Waals surface area contributed by atoms with Crippen LogP contribution in [0.2, 0.25) is 0 Å². The number of benzene rings is 3. The van der Waals surface area contributed by atoms with Crippen LogP contribution >= 0.6 is 11.8 Å². The number of amides is 1. The van der Waals surface area contributed by atoms with Crippen molar-refractivity contribution >= 4 is 17.7 Å². The van der Waals surface area contributed by atoms with Crippen LogP contribution in [-0.4, -0.2) is 11.7 Å². The summed E-state index contributed by atoms with van der Waals surface area (Å²) in [4.78, 5) is 14.3. The molecule has 0 heterocycles. The third-order valence-electron chi connectivity index (χ3n) is 4.94. The molecule has 4 heteroatoms. The number of thioether (sulfide) groups is 1. The Morgan fingerprint density at radius 2 is 1.71 bits per heavy atom. The quantitative estimate of drug-likeness (QED) is 0.354. The lowest BCUT2D eigenvalue weighted by atomic mass is 9.96. The highest BCUT2D eigenvalue weighted by Crippen LogP contribution is 2.25. The van der Waals surface area contributed by atoms with Gasteiger partial charge in [-0.3, -0.25) is 4.79 Å². The Morgan fingerprint density at radius 3 is 2.39 bits per heavy atom. The van der Waals surface area contributed by atoms with Gasteiger partial charge in [0.15, 0.2) is 0 Å². The summed E-state index contributed by atoms with van der Waals surface area (Å²) in [5, 5.41) is 3.25. The predicted octanol–water partition coefficient (Wildman–Crippen LogP) is 6.89.